The third-order valence-corrected chi connectivity index (χ3v) is 9.51. The average Bonchev–Trinajstić information content (AvgIpc) is 3.83. The SMILES string of the molecule is CCCc1nc(C(C)(C)[O-])c(C(=O)OC)n1Cc1ccc(-c2cccc(-c3nnn(C(c4ccccc4)(c4ccccc4)c4ccccc4)n3)c2)cc1.[Na+]. The summed E-state index contributed by atoms with van der Waals surface area (Å²) >= 11 is 0. The quantitative estimate of drug-likeness (QED) is 0.104. The Morgan fingerprint density at radius 2 is 1.30 bits per heavy atom. The smallest absolute Gasteiger partial charge is 0.845 e. The molecular weight excluding hydrogens is 684 g/mol. The number of aryl methyl sites for hydroxylation is 1. The molecule has 7 rings (SSSR count). The molecule has 0 atom stereocenters. The molecule has 2 aromatic heterocycles. The van der Waals surface area contributed by atoms with Crippen LogP contribution in [0.1, 0.15) is 71.5 Å². The maximum atomic E-state index is 13.0. The van der Waals surface area contributed by atoms with Gasteiger partial charge in [-0.2, -0.15) is 0 Å². The number of benzene rings is 5. The average molecular weight is 725 g/mol. The van der Waals surface area contributed by atoms with E-state index in [0.717, 1.165) is 45.4 Å². The van der Waals surface area contributed by atoms with E-state index in [9.17, 15) is 9.90 Å². The molecular formula is C44H41N6NaO3. The Kier molecular flexibility index (Phi) is 11.7. The molecule has 0 aliphatic heterocycles. The molecule has 0 aliphatic rings. The predicted molar refractivity (Wildman–Crippen MR) is 203 cm³/mol. The van der Waals surface area contributed by atoms with Crippen molar-refractivity contribution in [2.45, 2.75) is 51.3 Å². The number of imidazole rings is 1. The van der Waals surface area contributed by atoms with E-state index in [1.54, 1.807) is 4.80 Å². The molecule has 9 nitrogen and oxygen atoms in total. The number of esters is 1. The number of carbonyl (C=O) groups excluding carboxylic acids is 1. The summed E-state index contributed by atoms with van der Waals surface area (Å²) in [7, 11) is 1.33. The molecule has 0 unspecified atom stereocenters. The number of hydrogen-bond donors (Lipinski definition) is 0. The number of nitrogens with zero attached hydrogens (tertiary/aromatic N) is 6. The maximum absolute atomic E-state index is 13.0. The summed E-state index contributed by atoms with van der Waals surface area (Å²) in [6, 6.07) is 47.1. The van der Waals surface area contributed by atoms with Gasteiger partial charge in [-0.15, -0.1) is 15.0 Å². The van der Waals surface area contributed by atoms with E-state index in [0.29, 0.717) is 24.6 Å². The normalized spacial score (nSPS) is 11.6. The van der Waals surface area contributed by atoms with E-state index in [1.807, 2.05) is 90.4 Å². The van der Waals surface area contributed by atoms with E-state index in [1.165, 1.54) is 21.0 Å². The molecule has 0 bridgehead atoms. The van der Waals surface area contributed by atoms with Crippen LogP contribution in [0, 0.1) is 0 Å². The molecule has 10 heteroatoms. The molecule has 0 saturated carbocycles. The summed E-state index contributed by atoms with van der Waals surface area (Å²) in [5, 5.41) is 27.5. The summed E-state index contributed by atoms with van der Waals surface area (Å²) in [5.41, 5.74) is 4.82. The summed E-state index contributed by atoms with van der Waals surface area (Å²) < 4.78 is 6.93. The number of aromatic nitrogens is 6. The second-order valence-electron chi connectivity index (χ2n) is 13.6. The van der Waals surface area contributed by atoms with Crippen LogP contribution in [0.4, 0.5) is 0 Å². The van der Waals surface area contributed by atoms with E-state index in [2.05, 4.69) is 70.7 Å². The summed E-state index contributed by atoms with van der Waals surface area (Å²) in [5.74, 6) is 0.637. The molecule has 266 valence electrons. The number of hydrogen-bond acceptors (Lipinski definition) is 7. The third-order valence-electron chi connectivity index (χ3n) is 9.51. The summed E-state index contributed by atoms with van der Waals surface area (Å²) in [4.78, 5) is 19.3. The minimum atomic E-state index is -1.56. The first-order valence-corrected chi connectivity index (χ1v) is 17.8. The number of tetrazole rings is 1. The first kappa shape index (κ1) is 38.5. The van der Waals surface area contributed by atoms with Crippen LogP contribution >= 0.6 is 0 Å². The number of rotatable bonds is 12. The second-order valence-corrected chi connectivity index (χ2v) is 13.6. The zero-order valence-corrected chi connectivity index (χ0v) is 33.3. The van der Waals surface area contributed by atoms with E-state index in [4.69, 9.17) is 15.0 Å². The van der Waals surface area contributed by atoms with E-state index < -0.39 is 17.1 Å². The van der Waals surface area contributed by atoms with Gasteiger partial charge in [0.2, 0.25) is 5.82 Å². The van der Waals surface area contributed by atoms with Gasteiger partial charge < -0.3 is 14.4 Å². The van der Waals surface area contributed by atoms with Crippen molar-refractivity contribution in [1.29, 1.82) is 0 Å². The van der Waals surface area contributed by atoms with Crippen LogP contribution in [0.15, 0.2) is 140 Å². The largest absolute Gasteiger partial charge is 1.00 e. The minimum Gasteiger partial charge on any atom is -0.845 e. The molecule has 0 aliphatic carbocycles. The Bertz CT molecular complexity index is 2220. The molecule has 0 radical (unpaired) electrons. The monoisotopic (exact) mass is 724 g/mol. The summed E-state index contributed by atoms with van der Waals surface area (Å²) in [6.45, 7) is 5.46. The van der Waals surface area contributed by atoms with Crippen LogP contribution in [-0.2, 0) is 28.8 Å². The van der Waals surface area contributed by atoms with Gasteiger partial charge in [-0.25, -0.2) is 9.78 Å². The Labute approximate surface area is 338 Å². The Morgan fingerprint density at radius 3 is 1.81 bits per heavy atom. The van der Waals surface area contributed by atoms with Gasteiger partial charge in [0.05, 0.1) is 12.8 Å². The van der Waals surface area contributed by atoms with Crippen molar-refractivity contribution in [1.82, 2.24) is 29.8 Å². The number of ether oxygens (including phenoxy) is 1. The number of carbonyl (C=O) groups is 1. The minimum absolute atomic E-state index is 0. The Hall–Kier alpha value is -5.19. The molecule has 54 heavy (non-hydrogen) atoms. The Balaban J connectivity index is 0.00000497. The molecule has 7 aromatic rings. The molecule has 0 saturated heterocycles. The van der Waals surface area contributed by atoms with Crippen molar-refractivity contribution in [3.63, 3.8) is 0 Å². The van der Waals surface area contributed by atoms with Gasteiger partial charge in [0.1, 0.15) is 11.5 Å². The van der Waals surface area contributed by atoms with Crippen molar-refractivity contribution in [3.8, 4) is 22.5 Å². The fourth-order valence-corrected chi connectivity index (χ4v) is 6.99. The van der Waals surface area contributed by atoms with Gasteiger partial charge in [-0.3, -0.25) is 0 Å². The first-order chi connectivity index (χ1) is 25.7. The second kappa shape index (κ2) is 16.4. The van der Waals surface area contributed by atoms with Crippen molar-refractivity contribution in [2.75, 3.05) is 7.11 Å². The first-order valence-electron chi connectivity index (χ1n) is 17.8. The van der Waals surface area contributed by atoms with Crippen molar-refractivity contribution in [2.24, 2.45) is 0 Å². The standard InChI is InChI=1S/C44H41N6O3.Na/c1-5-16-38-45-40(43(2,3)52)39(42(51)53-4)49(38)30-31-25-27-32(28-26-31)33-17-15-18-34(29-33)41-46-48-50(47-41)44(35-19-9-6-10-20-35,36-21-11-7-12-22-36)37-23-13-8-14-24-37;/h6-15,17-29H,5,16,30H2,1-4H3;/q-1;+1. The van der Waals surface area contributed by atoms with Crippen LogP contribution in [-0.4, -0.2) is 42.8 Å². The van der Waals surface area contributed by atoms with Crippen molar-refractivity contribution >= 4 is 5.97 Å². The molecule has 0 amide bonds. The van der Waals surface area contributed by atoms with Crippen LogP contribution in [0.3, 0.4) is 0 Å². The topological polar surface area (TPSA) is 111 Å². The van der Waals surface area contributed by atoms with E-state index >= 15 is 0 Å². The fraction of sp³-hybridized carbons (Fsp3) is 0.205. The van der Waals surface area contributed by atoms with Crippen LogP contribution in [0.25, 0.3) is 22.5 Å². The van der Waals surface area contributed by atoms with Gasteiger partial charge >= 0.3 is 35.5 Å². The molecule has 0 fully saturated rings. The predicted octanol–water partition coefficient (Wildman–Crippen LogP) is 4.43. The zero-order valence-electron chi connectivity index (χ0n) is 31.3. The zero-order chi connectivity index (χ0) is 37.0. The molecule has 2 heterocycles. The Morgan fingerprint density at radius 1 is 0.741 bits per heavy atom. The van der Waals surface area contributed by atoms with Gasteiger partial charge in [0.15, 0.2) is 5.54 Å². The van der Waals surface area contributed by atoms with Crippen molar-refractivity contribution < 1.29 is 44.2 Å². The van der Waals surface area contributed by atoms with Crippen LogP contribution in [0.2, 0.25) is 0 Å². The van der Waals surface area contributed by atoms with Crippen LogP contribution < -0.4 is 34.7 Å². The summed E-state index contributed by atoms with van der Waals surface area (Å²) in [6.07, 6.45) is 1.45. The van der Waals surface area contributed by atoms with E-state index in [-0.39, 0.29) is 40.9 Å². The van der Waals surface area contributed by atoms with Crippen molar-refractivity contribution in [3.05, 3.63) is 179 Å². The molecule has 5 aromatic carbocycles. The third kappa shape index (κ3) is 7.45. The fourth-order valence-electron chi connectivity index (χ4n) is 6.99. The van der Waals surface area contributed by atoms with Gasteiger partial charge in [-0.1, -0.05) is 160 Å². The molecule has 0 spiro atoms. The maximum Gasteiger partial charge on any atom is 1.00 e. The molecule has 0 N–H and O–H groups in total. The van der Waals surface area contributed by atoms with Gasteiger partial charge in [0.25, 0.3) is 0 Å². The van der Waals surface area contributed by atoms with Gasteiger partial charge in [0, 0.05) is 18.5 Å². The van der Waals surface area contributed by atoms with Gasteiger partial charge in [-0.05, 0) is 51.1 Å². The number of methoxy groups -OCH3 is 1. The van der Waals surface area contributed by atoms with Crippen LogP contribution in [0.5, 0.6) is 0 Å².